The number of nitrogens with zero attached hydrogens (tertiary/aromatic N) is 2. The molecule has 5 heteroatoms. The van der Waals surface area contributed by atoms with Crippen molar-refractivity contribution in [2.75, 3.05) is 0 Å². The number of rotatable bonds is 5. The van der Waals surface area contributed by atoms with E-state index in [-0.39, 0.29) is 5.43 Å². The molecule has 0 saturated carbocycles. The zero-order valence-corrected chi connectivity index (χ0v) is 14.9. The topological polar surface area (TPSA) is 63.8 Å². The Labute approximate surface area is 145 Å². The number of aryl methyl sites for hydroxylation is 1. The van der Waals surface area contributed by atoms with E-state index in [0.29, 0.717) is 11.5 Å². The molecule has 1 N–H and O–H groups in total. The number of H-pyrrole nitrogens is 1. The Morgan fingerprint density at radius 2 is 2.12 bits per heavy atom. The minimum Gasteiger partial charge on any atom is -0.454 e. The van der Waals surface area contributed by atoms with Crippen LogP contribution in [0.15, 0.2) is 33.6 Å². The maximum atomic E-state index is 11.7. The summed E-state index contributed by atoms with van der Waals surface area (Å²) in [6.07, 6.45) is 6.55. The van der Waals surface area contributed by atoms with Crippen molar-refractivity contribution >= 4 is 33.1 Å². The van der Waals surface area contributed by atoms with E-state index in [9.17, 15) is 4.79 Å². The molecular formula is C20H23N3O2. The van der Waals surface area contributed by atoms with Gasteiger partial charge in [-0.25, -0.2) is 4.98 Å². The molecule has 0 unspecified atom stereocenters. The van der Waals surface area contributed by atoms with Crippen molar-refractivity contribution in [3.05, 3.63) is 40.2 Å². The smallest absolute Gasteiger partial charge is 0.182 e. The van der Waals surface area contributed by atoms with Crippen LogP contribution < -0.4 is 5.43 Å². The van der Waals surface area contributed by atoms with E-state index in [0.717, 1.165) is 40.4 Å². The molecule has 0 radical (unpaired) electrons. The quantitative estimate of drug-likeness (QED) is 0.566. The van der Waals surface area contributed by atoms with E-state index in [4.69, 9.17) is 9.40 Å². The molecule has 0 aliphatic carbocycles. The zero-order valence-electron chi connectivity index (χ0n) is 14.9. The molecule has 25 heavy (non-hydrogen) atoms. The molecule has 0 aliphatic heterocycles. The molecule has 4 aromatic rings. The van der Waals surface area contributed by atoms with Crippen molar-refractivity contribution < 1.29 is 4.42 Å². The first-order valence-corrected chi connectivity index (χ1v) is 9.04. The average molecular weight is 337 g/mol. The van der Waals surface area contributed by atoms with Crippen LogP contribution in [0.4, 0.5) is 0 Å². The molecule has 130 valence electrons. The standard InChI is InChI=1S/C20H23N3O2/c1-4-6-7-12(5-2)17-15-11-21-23(3)20(15)22-18-14-9-8-13(24)10-16(14)25-19(17)18/h8-12,21H,4-7H2,1-3H3/t12-/m0/s1. The highest BCUT2D eigenvalue weighted by molar-refractivity contribution is 6.07. The predicted molar refractivity (Wildman–Crippen MR) is 101 cm³/mol. The fourth-order valence-electron chi connectivity index (χ4n) is 3.79. The summed E-state index contributed by atoms with van der Waals surface area (Å²) >= 11 is 0. The second-order valence-electron chi connectivity index (χ2n) is 6.78. The van der Waals surface area contributed by atoms with Gasteiger partial charge in [-0.05, 0) is 30.9 Å². The van der Waals surface area contributed by atoms with E-state index in [1.54, 1.807) is 12.1 Å². The highest BCUT2D eigenvalue weighted by Gasteiger charge is 2.23. The van der Waals surface area contributed by atoms with Crippen LogP contribution in [0.1, 0.15) is 51.0 Å². The van der Waals surface area contributed by atoms with E-state index >= 15 is 0 Å². The molecule has 3 aromatic heterocycles. The van der Waals surface area contributed by atoms with E-state index in [1.165, 1.54) is 18.4 Å². The number of furan rings is 1. The number of aromatic amines is 1. The Morgan fingerprint density at radius 3 is 2.88 bits per heavy atom. The third kappa shape index (κ3) is 2.46. The van der Waals surface area contributed by atoms with E-state index < -0.39 is 0 Å². The Bertz CT molecular complexity index is 1120. The molecule has 0 saturated heterocycles. The van der Waals surface area contributed by atoms with Crippen molar-refractivity contribution in [3.8, 4) is 0 Å². The third-order valence-corrected chi connectivity index (χ3v) is 5.16. The largest absolute Gasteiger partial charge is 0.454 e. The fraction of sp³-hybridized carbons (Fsp3) is 0.400. The normalized spacial score (nSPS) is 13.2. The zero-order chi connectivity index (χ0) is 17.6. The molecule has 5 nitrogen and oxygen atoms in total. The Morgan fingerprint density at radius 1 is 1.28 bits per heavy atom. The van der Waals surface area contributed by atoms with Gasteiger partial charge in [0.05, 0.1) is 0 Å². The summed E-state index contributed by atoms with van der Waals surface area (Å²) in [5.41, 5.74) is 4.41. The van der Waals surface area contributed by atoms with Gasteiger partial charge in [-0.15, -0.1) is 0 Å². The predicted octanol–water partition coefficient (Wildman–Crippen LogP) is 4.84. The van der Waals surface area contributed by atoms with Crippen LogP contribution in [0.25, 0.3) is 33.1 Å². The summed E-state index contributed by atoms with van der Waals surface area (Å²) in [5, 5.41) is 5.25. The van der Waals surface area contributed by atoms with Crippen molar-refractivity contribution in [3.63, 3.8) is 0 Å². The van der Waals surface area contributed by atoms with Crippen LogP contribution in [0, 0.1) is 0 Å². The third-order valence-electron chi connectivity index (χ3n) is 5.16. The number of pyridine rings is 1. The first-order chi connectivity index (χ1) is 12.1. The number of hydrogen-bond donors (Lipinski definition) is 1. The second kappa shape index (κ2) is 6.06. The minimum atomic E-state index is -0.0379. The first-order valence-electron chi connectivity index (χ1n) is 9.04. The molecule has 0 spiro atoms. The summed E-state index contributed by atoms with van der Waals surface area (Å²) in [6.45, 7) is 4.45. The van der Waals surface area contributed by atoms with Crippen LogP contribution in [-0.2, 0) is 7.05 Å². The van der Waals surface area contributed by atoms with Gasteiger partial charge in [0, 0.05) is 35.6 Å². The summed E-state index contributed by atoms with van der Waals surface area (Å²) < 4.78 is 8.10. The van der Waals surface area contributed by atoms with Gasteiger partial charge in [0.25, 0.3) is 0 Å². The van der Waals surface area contributed by atoms with Gasteiger partial charge in [0.1, 0.15) is 11.1 Å². The number of hydrogen-bond acceptors (Lipinski definition) is 3. The SMILES string of the molecule is CCCC[C@H](CC)c1c2c[nH]n(C)c2nc2c1oc1cc(=O)ccc12. The highest BCUT2D eigenvalue weighted by atomic mass is 16.3. The average Bonchev–Trinajstić information content (AvgIpc) is 3.15. The summed E-state index contributed by atoms with van der Waals surface area (Å²) in [6, 6.07) is 4.96. The fourth-order valence-corrected chi connectivity index (χ4v) is 3.79. The number of benzene rings is 1. The molecule has 0 fully saturated rings. The Balaban J connectivity index is 2.11. The number of nitrogens with one attached hydrogen (secondary N) is 1. The molecule has 0 bridgehead atoms. The molecule has 0 aliphatic rings. The molecule has 0 amide bonds. The lowest BCUT2D eigenvalue weighted by Gasteiger charge is -2.16. The van der Waals surface area contributed by atoms with Gasteiger partial charge in [-0.2, -0.15) is 0 Å². The number of unbranched alkanes of at least 4 members (excludes halogenated alkanes) is 1. The van der Waals surface area contributed by atoms with Gasteiger partial charge in [0.15, 0.2) is 16.7 Å². The van der Waals surface area contributed by atoms with Crippen molar-refractivity contribution in [1.82, 2.24) is 14.8 Å². The molecule has 1 atom stereocenters. The first kappa shape index (κ1) is 15.9. The van der Waals surface area contributed by atoms with Crippen LogP contribution >= 0.6 is 0 Å². The minimum absolute atomic E-state index is 0.0379. The van der Waals surface area contributed by atoms with Crippen LogP contribution in [0.3, 0.4) is 0 Å². The van der Waals surface area contributed by atoms with Gasteiger partial charge in [0.2, 0.25) is 0 Å². The summed E-state index contributed by atoms with van der Waals surface area (Å²) in [5.74, 6) is 0.413. The maximum Gasteiger partial charge on any atom is 0.182 e. The monoisotopic (exact) mass is 337 g/mol. The Kier molecular flexibility index (Phi) is 3.86. The van der Waals surface area contributed by atoms with Gasteiger partial charge in [-0.3, -0.25) is 9.48 Å². The second-order valence-corrected chi connectivity index (χ2v) is 6.78. The van der Waals surface area contributed by atoms with Crippen LogP contribution in [0.5, 0.6) is 0 Å². The van der Waals surface area contributed by atoms with Crippen molar-refractivity contribution in [2.45, 2.75) is 45.4 Å². The maximum absolute atomic E-state index is 11.7. The highest BCUT2D eigenvalue weighted by Crippen LogP contribution is 2.39. The van der Waals surface area contributed by atoms with Crippen molar-refractivity contribution in [2.24, 2.45) is 7.05 Å². The van der Waals surface area contributed by atoms with Gasteiger partial charge in [-0.1, -0.05) is 26.7 Å². The lowest BCUT2D eigenvalue weighted by molar-refractivity contribution is 0.564. The molecule has 4 rings (SSSR count). The summed E-state index contributed by atoms with van der Waals surface area (Å²) in [7, 11) is 1.97. The van der Waals surface area contributed by atoms with Crippen molar-refractivity contribution in [1.29, 1.82) is 0 Å². The lowest BCUT2D eigenvalue weighted by atomic mass is 9.89. The van der Waals surface area contributed by atoms with E-state index in [1.807, 2.05) is 24.0 Å². The molecule has 1 aromatic carbocycles. The molecule has 3 heterocycles. The number of aromatic nitrogens is 3. The van der Waals surface area contributed by atoms with Crippen LogP contribution in [0.2, 0.25) is 0 Å². The molecular weight excluding hydrogens is 314 g/mol. The van der Waals surface area contributed by atoms with Gasteiger partial charge < -0.3 is 9.52 Å². The number of fused-ring (bicyclic) bond motifs is 4. The lowest BCUT2D eigenvalue weighted by Crippen LogP contribution is -2.01. The summed E-state index contributed by atoms with van der Waals surface area (Å²) in [4.78, 5) is 16.6. The van der Waals surface area contributed by atoms with E-state index in [2.05, 4.69) is 18.9 Å². The Hall–Kier alpha value is -2.56. The van der Waals surface area contributed by atoms with Crippen LogP contribution in [-0.4, -0.2) is 14.8 Å². The van der Waals surface area contributed by atoms with Gasteiger partial charge >= 0.3 is 0 Å².